The summed E-state index contributed by atoms with van der Waals surface area (Å²) in [6, 6.07) is 52.6. The van der Waals surface area contributed by atoms with Gasteiger partial charge in [-0.15, -0.1) is 0 Å². The highest BCUT2D eigenvalue weighted by molar-refractivity contribution is 6.18. The largest absolute Gasteiger partial charge is 0.456 e. The van der Waals surface area contributed by atoms with Gasteiger partial charge in [0.1, 0.15) is 17.2 Å². The van der Waals surface area contributed by atoms with Gasteiger partial charge in [-0.25, -0.2) is 0 Å². The number of nitrogens with zero attached hydrogens (tertiary/aromatic N) is 2. The van der Waals surface area contributed by atoms with Crippen molar-refractivity contribution in [3.8, 4) is 34.0 Å². The van der Waals surface area contributed by atoms with Gasteiger partial charge in [-0.3, -0.25) is 0 Å². The maximum absolute atomic E-state index is 10.2. The maximum atomic E-state index is 10.2. The predicted molar refractivity (Wildman–Crippen MR) is 191 cm³/mol. The number of benzene rings is 7. The summed E-state index contributed by atoms with van der Waals surface area (Å²) >= 11 is 0. The lowest BCUT2D eigenvalue weighted by Gasteiger charge is -2.10. The van der Waals surface area contributed by atoms with Crippen LogP contribution in [0.1, 0.15) is 5.56 Å². The third kappa shape index (κ3) is 3.69. The smallest absolute Gasteiger partial charge is 0.159 e. The normalized spacial score (nSPS) is 11.8. The van der Waals surface area contributed by atoms with Gasteiger partial charge in [-0.1, -0.05) is 103 Å². The van der Waals surface area contributed by atoms with Crippen LogP contribution in [0.4, 0.5) is 0 Å². The number of hydrogen-bond donors (Lipinski definition) is 0. The molecule has 0 saturated heterocycles. The minimum absolute atomic E-state index is 0.504. The van der Waals surface area contributed by atoms with Crippen LogP contribution in [0.5, 0.6) is 0 Å². The number of aromatic nitrogens is 1. The van der Waals surface area contributed by atoms with E-state index in [-0.39, 0.29) is 0 Å². The Kier molecular flexibility index (Phi) is 5.32. The van der Waals surface area contributed by atoms with Crippen LogP contribution in [0.3, 0.4) is 0 Å². The molecule has 0 aliphatic carbocycles. The quantitative estimate of drug-likeness (QED) is 0.203. The summed E-state index contributed by atoms with van der Waals surface area (Å²) in [5.41, 5.74) is 10.9. The summed E-state index contributed by atoms with van der Waals surface area (Å²) in [6.07, 6.45) is 0. The highest BCUT2D eigenvalue weighted by atomic mass is 16.3. The minimum Gasteiger partial charge on any atom is -0.456 e. The second-order valence-corrected chi connectivity index (χ2v) is 12.0. The van der Waals surface area contributed by atoms with Crippen LogP contribution in [0.15, 0.2) is 154 Å². The van der Waals surface area contributed by atoms with E-state index in [1.54, 1.807) is 0 Å². The van der Waals surface area contributed by atoms with E-state index in [1.807, 2.05) is 36.4 Å². The van der Waals surface area contributed by atoms with Gasteiger partial charge >= 0.3 is 0 Å². The summed E-state index contributed by atoms with van der Waals surface area (Å²) in [4.78, 5) is 0. The van der Waals surface area contributed by atoms with E-state index in [0.29, 0.717) is 11.1 Å². The number of hydrogen-bond acceptors (Lipinski definition) is 3. The first kappa shape index (κ1) is 25.7. The van der Waals surface area contributed by atoms with Crippen LogP contribution in [-0.4, -0.2) is 4.57 Å². The Balaban J connectivity index is 1.27. The average molecular weight is 601 g/mol. The lowest BCUT2D eigenvalue weighted by atomic mass is 9.96. The van der Waals surface area contributed by atoms with E-state index < -0.39 is 0 Å². The van der Waals surface area contributed by atoms with Crippen molar-refractivity contribution in [2.75, 3.05) is 0 Å². The minimum atomic E-state index is 0.504. The van der Waals surface area contributed by atoms with E-state index in [2.05, 4.69) is 120 Å². The molecule has 3 aromatic heterocycles. The Labute approximate surface area is 268 Å². The Morgan fingerprint density at radius 2 is 1.19 bits per heavy atom. The van der Waals surface area contributed by atoms with Crippen molar-refractivity contribution < 1.29 is 8.83 Å². The predicted octanol–water partition coefficient (Wildman–Crippen LogP) is 11.8. The molecule has 0 N–H and O–H groups in total. The van der Waals surface area contributed by atoms with Crippen LogP contribution >= 0.6 is 0 Å². The van der Waals surface area contributed by atoms with Crippen LogP contribution in [-0.2, 0) is 0 Å². The average Bonchev–Trinajstić information content (AvgIpc) is 3.81. The Morgan fingerprint density at radius 1 is 0.468 bits per heavy atom. The zero-order valence-corrected chi connectivity index (χ0v) is 25.1. The third-order valence-corrected chi connectivity index (χ3v) is 9.46. The molecule has 0 aliphatic heterocycles. The summed E-state index contributed by atoms with van der Waals surface area (Å²) in [6.45, 7) is 0. The van der Waals surface area contributed by atoms with Crippen molar-refractivity contribution in [1.29, 1.82) is 5.26 Å². The number of furan rings is 2. The zero-order valence-electron chi connectivity index (χ0n) is 25.1. The van der Waals surface area contributed by atoms with Gasteiger partial charge in [-0.05, 0) is 64.7 Å². The molecule has 4 heteroatoms. The summed E-state index contributed by atoms with van der Waals surface area (Å²) < 4.78 is 15.3. The number of para-hydroxylation sites is 3. The van der Waals surface area contributed by atoms with Gasteiger partial charge < -0.3 is 13.4 Å². The molecule has 0 amide bonds. The molecule has 0 aliphatic rings. The van der Waals surface area contributed by atoms with Crippen LogP contribution in [0.25, 0.3) is 93.6 Å². The fourth-order valence-electron chi connectivity index (χ4n) is 7.33. The summed E-state index contributed by atoms with van der Waals surface area (Å²) in [7, 11) is 0. The van der Waals surface area contributed by atoms with E-state index in [1.165, 1.54) is 10.8 Å². The monoisotopic (exact) mass is 600 g/mol. The van der Waals surface area contributed by atoms with Crippen molar-refractivity contribution in [2.24, 2.45) is 0 Å². The van der Waals surface area contributed by atoms with Crippen molar-refractivity contribution in [1.82, 2.24) is 4.57 Å². The van der Waals surface area contributed by atoms with Crippen LogP contribution < -0.4 is 0 Å². The number of rotatable bonds is 3. The van der Waals surface area contributed by atoms with Gasteiger partial charge in [0.25, 0.3) is 0 Å². The molecule has 10 aromatic rings. The topological polar surface area (TPSA) is 55.0 Å². The Morgan fingerprint density at radius 3 is 2.09 bits per heavy atom. The standard InChI is InChI=1S/C43H24N2O2/c44-25-29-19-20-30(28-18-22-34-33-12-5-7-16-39(33)46-40(34)24-28)41-35-13-8-15-37(43(35)47-42(29)41)45-36-14-6-4-11-31(36)32-21-17-27(23-38(32)45)26-9-2-1-3-10-26/h1-24H. The van der Waals surface area contributed by atoms with E-state index in [4.69, 9.17) is 8.83 Å². The molecule has 0 fully saturated rings. The second-order valence-electron chi connectivity index (χ2n) is 12.0. The second kappa shape index (κ2) is 9.71. The maximum Gasteiger partial charge on any atom is 0.159 e. The summed E-state index contributed by atoms with van der Waals surface area (Å²) in [5.74, 6) is 0. The van der Waals surface area contributed by atoms with Gasteiger partial charge in [0.2, 0.25) is 0 Å². The van der Waals surface area contributed by atoms with Crippen molar-refractivity contribution >= 4 is 65.7 Å². The van der Waals surface area contributed by atoms with Crippen molar-refractivity contribution in [3.05, 3.63) is 151 Å². The van der Waals surface area contributed by atoms with Gasteiger partial charge in [0.05, 0.1) is 22.3 Å². The molecular formula is C43H24N2O2. The molecule has 0 bridgehead atoms. The number of fused-ring (bicyclic) bond motifs is 9. The van der Waals surface area contributed by atoms with Crippen LogP contribution in [0, 0.1) is 11.3 Å². The first-order chi connectivity index (χ1) is 23.3. The van der Waals surface area contributed by atoms with Gasteiger partial charge in [-0.2, -0.15) is 5.26 Å². The third-order valence-electron chi connectivity index (χ3n) is 9.46. The highest BCUT2D eigenvalue weighted by Gasteiger charge is 2.22. The van der Waals surface area contributed by atoms with Gasteiger partial charge in [0.15, 0.2) is 11.2 Å². The molecule has 0 spiro atoms. The first-order valence-corrected chi connectivity index (χ1v) is 15.7. The Bertz CT molecular complexity index is 2920. The fraction of sp³-hybridized carbons (Fsp3) is 0. The molecule has 47 heavy (non-hydrogen) atoms. The molecule has 4 nitrogen and oxygen atoms in total. The molecule has 0 atom stereocenters. The molecule has 3 heterocycles. The molecule has 218 valence electrons. The lowest BCUT2D eigenvalue weighted by Crippen LogP contribution is -1.94. The molecule has 10 rings (SSSR count). The molecule has 7 aromatic carbocycles. The van der Waals surface area contributed by atoms with E-state index in [0.717, 1.165) is 77.3 Å². The molecule has 0 saturated carbocycles. The van der Waals surface area contributed by atoms with Gasteiger partial charge in [0, 0.05) is 32.3 Å². The highest BCUT2D eigenvalue weighted by Crippen LogP contribution is 2.43. The lowest BCUT2D eigenvalue weighted by molar-refractivity contribution is 0.665. The van der Waals surface area contributed by atoms with E-state index >= 15 is 0 Å². The SMILES string of the molecule is N#Cc1ccc(-c2ccc3c(c2)oc2ccccc23)c2c1oc1c(-n3c4ccccc4c4ccc(-c5ccccc5)cc43)cccc12. The first-order valence-electron chi connectivity index (χ1n) is 15.7. The van der Waals surface area contributed by atoms with E-state index in [9.17, 15) is 5.26 Å². The summed E-state index contributed by atoms with van der Waals surface area (Å²) in [5, 5.41) is 16.6. The Hall–Kier alpha value is -6.57. The molecular weight excluding hydrogens is 576 g/mol. The number of nitriles is 1. The van der Waals surface area contributed by atoms with Crippen molar-refractivity contribution in [3.63, 3.8) is 0 Å². The van der Waals surface area contributed by atoms with Crippen LogP contribution in [0.2, 0.25) is 0 Å². The molecule has 0 unspecified atom stereocenters. The zero-order chi connectivity index (χ0) is 31.1. The fourth-order valence-corrected chi connectivity index (χ4v) is 7.33. The molecule has 0 radical (unpaired) electrons. The van der Waals surface area contributed by atoms with Crippen molar-refractivity contribution in [2.45, 2.75) is 0 Å².